The Morgan fingerprint density at radius 2 is 2.05 bits per heavy atom. The van der Waals surface area contributed by atoms with Crippen molar-refractivity contribution in [3.05, 3.63) is 35.6 Å². The van der Waals surface area contributed by atoms with Gasteiger partial charge in [0.15, 0.2) is 11.5 Å². The van der Waals surface area contributed by atoms with Crippen LogP contribution in [0.3, 0.4) is 0 Å². The number of rotatable bonds is 2. The van der Waals surface area contributed by atoms with Crippen LogP contribution in [-0.4, -0.2) is 18.3 Å². The molecule has 4 nitrogen and oxygen atoms in total. The van der Waals surface area contributed by atoms with Crippen molar-refractivity contribution in [2.45, 2.75) is 18.5 Å². The molecule has 1 aliphatic rings. The van der Waals surface area contributed by atoms with Crippen LogP contribution in [-0.2, 0) is 10.9 Å². The number of nitrogens with two attached hydrogens (primary N) is 1. The fourth-order valence-corrected chi connectivity index (χ4v) is 2.61. The number of aromatic hydroxyl groups is 1. The molecule has 1 fully saturated rings. The van der Waals surface area contributed by atoms with Crippen molar-refractivity contribution >= 4 is 5.88 Å². The van der Waals surface area contributed by atoms with E-state index in [-0.39, 0.29) is 34.4 Å². The number of benzene rings is 1. The van der Waals surface area contributed by atoms with Gasteiger partial charge in [0, 0.05) is 12.5 Å². The van der Waals surface area contributed by atoms with Crippen molar-refractivity contribution in [2.24, 2.45) is 0 Å². The van der Waals surface area contributed by atoms with E-state index in [2.05, 4.69) is 0 Å². The fourth-order valence-electron chi connectivity index (χ4n) is 2.61. The van der Waals surface area contributed by atoms with Gasteiger partial charge in [-0.3, -0.25) is 0 Å². The first-order valence-electron chi connectivity index (χ1n) is 6.74. The number of anilines is 1. The minimum absolute atomic E-state index is 0.0907. The molecule has 0 aliphatic carbocycles. The zero-order valence-corrected chi connectivity index (χ0v) is 11.5. The summed E-state index contributed by atoms with van der Waals surface area (Å²) in [6.45, 7) is 0.937. The van der Waals surface area contributed by atoms with E-state index in [1.165, 1.54) is 12.1 Å². The molecule has 1 aliphatic heterocycles. The summed E-state index contributed by atoms with van der Waals surface area (Å²) < 4.78 is 49.0. The largest absolute Gasteiger partial charge is 0.504 e. The molecule has 0 bridgehead atoms. The van der Waals surface area contributed by atoms with E-state index < -0.39 is 11.7 Å². The number of hydrogen-bond donors (Lipinski definition) is 2. The zero-order chi connectivity index (χ0) is 15.9. The topological polar surface area (TPSA) is 68.6 Å². The Hall–Kier alpha value is -2.15. The van der Waals surface area contributed by atoms with Crippen molar-refractivity contribution < 1.29 is 27.4 Å². The summed E-state index contributed by atoms with van der Waals surface area (Å²) in [5, 5.41) is 10.3. The van der Waals surface area contributed by atoms with E-state index >= 15 is 0 Å². The number of furan rings is 1. The maximum Gasteiger partial charge on any atom is 0.416 e. The smallest absolute Gasteiger partial charge is 0.416 e. The van der Waals surface area contributed by atoms with E-state index in [0.29, 0.717) is 19.6 Å². The van der Waals surface area contributed by atoms with E-state index in [1.54, 1.807) is 0 Å². The van der Waals surface area contributed by atoms with Gasteiger partial charge in [-0.1, -0.05) is 12.1 Å². The number of hydrogen-bond acceptors (Lipinski definition) is 4. The molecule has 0 saturated carbocycles. The molecule has 0 radical (unpaired) electrons. The summed E-state index contributed by atoms with van der Waals surface area (Å²) in [4.78, 5) is 0. The van der Waals surface area contributed by atoms with Gasteiger partial charge < -0.3 is 20.0 Å². The standard InChI is InChI=1S/C15H14F3NO3/c16-15(17,18)10-3-1-2-8(6-10)11-12(20)13(22-14(11)19)9-4-5-21-7-9/h1-3,6,9,20H,4-5,7,19H2. The molecule has 0 amide bonds. The Morgan fingerprint density at radius 1 is 1.27 bits per heavy atom. The predicted molar refractivity (Wildman–Crippen MR) is 73.4 cm³/mol. The Morgan fingerprint density at radius 3 is 2.68 bits per heavy atom. The molecule has 7 heteroatoms. The number of nitrogen functional groups attached to an aromatic ring is 1. The highest BCUT2D eigenvalue weighted by molar-refractivity contribution is 5.80. The molecule has 1 aromatic heterocycles. The summed E-state index contributed by atoms with van der Waals surface area (Å²) in [5.41, 5.74) is 5.20. The van der Waals surface area contributed by atoms with Crippen LogP contribution in [0.25, 0.3) is 11.1 Å². The lowest BCUT2D eigenvalue weighted by Gasteiger charge is -2.08. The lowest BCUT2D eigenvalue weighted by atomic mass is 10.00. The van der Waals surface area contributed by atoms with Crippen molar-refractivity contribution in [1.29, 1.82) is 0 Å². The normalized spacial score (nSPS) is 18.8. The van der Waals surface area contributed by atoms with E-state index in [9.17, 15) is 18.3 Å². The van der Waals surface area contributed by atoms with Gasteiger partial charge in [-0.05, 0) is 24.1 Å². The van der Waals surface area contributed by atoms with Gasteiger partial charge in [-0.15, -0.1) is 0 Å². The highest BCUT2D eigenvalue weighted by atomic mass is 19.4. The maximum absolute atomic E-state index is 12.8. The molecule has 1 aromatic carbocycles. The van der Waals surface area contributed by atoms with Gasteiger partial charge in [0.2, 0.25) is 5.88 Å². The predicted octanol–water partition coefficient (Wildman–Crippen LogP) is 3.76. The van der Waals surface area contributed by atoms with Gasteiger partial charge in [-0.25, -0.2) is 0 Å². The third-order valence-electron chi connectivity index (χ3n) is 3.72. The molecule has 0 spiro atoms. The third kappa shape index (κ3) is 2.52. The molecular weight excluding hydrogens is 299 g/mol. The lowest BCUT2D eigenvalue weighted by Crippen LogP contribution is -2.04. The summed E-state index contributed by atoms with van der Waals surface area (Å²) in [7, 11) is 0. The van der Waals surface area contributed by atoms with Crippen LogP contribution in [0.1, 0.15) is 23.7 Å². The van der Waals surface area contributed by atoms with E-state index in [1.807, 2.05) is 0 Å². The molecule has 2 aromatic rings. The maximum atomic E-state index is 12.8. The van der Waals surface area contributed by atoms with E-state index in [0.717, 1.165) is 12.1 Å². The molecule has 3 rings (SSSR count). The van der Waals surface area contributed by atoms with Crippen molar-refractivity contribution in [1.82, 2.24) is 0 Å². The van der Waals surface area contributed by atoms with Crippen LogP contribution in [0.15, 0.2) is 28.7 Å². The molecule has 1 atom stereocenters. The van der Waals surface area contributed by atoms with Crippen LogP contribution in [0, 0.1) is 0 Å². The second-order valence-corrected chi connectivity index (χ2v) is 5.19. The number of halogens is 3. The van der Waals surface area contributed by atoms with Crippen LogP contribution in [0.2, 0.25) is 0 Å². The minimum atomic E-state index is -4.47. The van der Waals surface area contributed by atoms with Gasteiger partial charge in [0.25, 0.3) is 0 Å². The van der Waals surface area contributed by atoms with Crippen LogP contribution in [0.5, 0.6) is 5.75 Å². The average molecular weight is 313 g/mol. The molecule has 2 heterocycles. The van der Waals surface area contributed by atoms with Gasteiger partial charge in [0.05, 0.1) is 17.7 Å². The Labute approximate surface area is 124 Å². The monoisotopic (exact) mass is 313 g/mol. The summed E-state index contributed by atoms with van der Waals surface area (Å²) in [5.74, 6) is -0.185. The van der Waals surface area contributed by atoms with Crippen LogP contribution >= 0.6 is 0 Å². The fraction of sp³-hybridized carbons (Fsp3) is 0.333. The molecule has 118 valence electrons. The van der Waals surface area contributed by atoms with Crippen molar-refractivity contribution in [2.75, 3.05) is 18.9 Å². The zero-order valence-electron chi connectivity index (χ0n) is 11.5. The second kappa shape index (κ2) is 5.24. The van der Waals surface area contributed by atoms with Crippen molar-refractivity contribution in [3.63, 3.8) is 0 Å². The van der Waals surface area contributed by atoms with E-state index in [4.69, 9.17) is 14.9 Å². The first kappa shape index (κ1) is 14.8. The Bertz CT molecular complexity index is 688. The number of ether oxygens (including phenoxy) is 1. The summed E-state index contributed by atoms with van der Waals surface area (Å²) in [6.07, 6.45) is -3.80. The first-order valence-corrected chi connectivity index (χ1v) is 6.74. The first-order chi connectivity index (χ1) is 10.4. The number of alkyl halides is 3. The van der Waals surface area contributed by atoms with Gasteiger partial charge in [0.1, 0.15) is 0 Å². The Balaban J connectivity index is 2.05. The highest BCUT2D eigenvalue weighted by Crippen LogP contribution is 2.45. The van der Waals surface area contributed by atoms with Crippen molar-refractivity contribution in [3.8, 4) is 16.9 Å². The highest BCUT2D eigenvalue weighted by Gasteiger charge is 2.32. The molecule has 22 heavy (non-hydrogen) atoms. The minimum Gasteiger partial charge on any atom is -0.504 e. The summed E-state index contributed by atoms with van der Waals surface area (Å²) >= 11 is 0. The molecule has 1 saturated heterocycles. The molecule has 3 N–H and O–H groups in total. The molecular formula is C15H14F3NO3. The average Bonchev–Trinajstić information content (AvgIpc) is 3.06. The third-order valence-corrected chi connectivity index (χ3v) is 3.72. The molecule has 1 unspecified atom stereocenters. The second-order valence-electron chi connectivity index (χ2n) is 5.19. The summed E-state index contributed by atoms with van der Waals surface area (Å²) in [6, 6.07) is 4.62. The van der Waals surface area contributed by atoms with Crippen LogP contribution in [0.4, 0.5) is 19.1 Å². The van der Waals surface area contributed by atoms with Gasteiger partial charge >= 0.3 is 6.18 Å². The van der Waals surface area contributed by atoms with Gasteiger partial charge in [-0.2, -0.15) is 13.2 Å². The lowest BCUT2D eigenvalue weighted by molar-refractivity contribution is -0.137. The SMILES string of the molecule is Nc1oc(C2CCOC2)c(O)c1-c1cccc(C(F)(F)F)c1. The van der Waals surface area contributed by atoms with Crippen LogP contribution < -0.4 is 5.73 Å². The quantitative estimate of drug-likeness (QED) is 0.886. The Kier molecular flexibility index (Phi) is 3.52.